The first kappa shape index (κ1) is 14.2. The number of sulfone groups is 1. The Morgan fingerprint density at radius 3 is 2.15 bits per heavy atom. The van der Waals surface area contributed by atoms with E-state index in [-0.39, 0.29) is 15.5 Å². The molecule has 0 amide bonds. The number of methoxy groups -OCH3 is 1. The summed E-state index contributed by atoms with van der Waals surface area (Å²) in [6.07, 6.45) is 0. The van der Waals surface area contributed by atoms with Crippen LogP contribution in [-0.2, 0) is 9.84 Å². The van der Waals surface area contributed by atoms with Gasteiger partial charge in [-0.3, -0.25) is 0 Å². The number of aryl methyl sites for hydroxylation is 1. The predicted octanol–water partition coefficient (Wildman–Crippen LogP) is 2.25. The second kappa shape index (κ2) is 5.05. The Balaban J connectivity index is 2.60. The fourth-order valence-corrected chi connectivity index (χ4v) is 3.03. The Morgan fingerprint density at radius 1 is 1.00 bits per heavy atom. The molecule has 0 saturated carbocycles. The van der Waals surface area contributed by atoms with Gasteiger partial charge < -0.3 is 14.9 Å². The van der Waals surface area contributed by atoms with E-state index in [1.165, 1.54) is 25.3 Å². The lowest BCUT2D eigenvalue weighted by Gasteiger charge is -2.10. The topological polar surface area (TPSA) is 83.8 Å². The zero-order chi connectivity index (χ0) is 14.9. The van der Waals surface area contributed by atoms with E-state index in [9.17, 15) is 18.6 Å². The van der Waals surface area contributed by atoms with Crippen LogP contribution in [0.4, 0.5) is 0 Å². The van der Waals surface area contributed by atoms with Gasteiger partial charge in [0.05, 0.1) is 16.9 Å². The third-order valence-corrected chi connectivity index (χ3v) is 4.64. The summed E-state index contributed by atoms with van der Waals surface area (Å²) in [5, 5.41) is 19.1. The molecule has 0 aliphatic heterocycles. The van der Waals surface area contributed by atoms with Crippen molar-refractivity contribution in [2.24, 2.45) is 0 Å². The van der Waals surface area contributed by atoms with Gasteiger partial charge in [-0.15, -0.1) is 0 Å². The summed E-state index contributed by atoms with van der Waals surface area (Å²) in [6.45, 7) is 1.85. The maximum atomic E-state index is 12.4. The van der Waals surface area contributed by atoms with Gasteiger partial charge in [0.25, 0.3) is 0 Å². The Kier molecular flexibility index (Phi) is 3.59. The Labute approximate surface area is 117 Å². The Morgan fingerprint density at radius 2 is 1.60 bits per heavy atom. The van der Waals surface area contributed by atoms with Gasteiger partial charge in [-0.05, 0) is 19.1 Å². The minimum atomic E-state index is -3.78. The summed E-state index contributed by atoms with van der Waals surface area (Å²) in [7, 11) is -2.50. The first-order valence-electron chi connectivity index (χ1n) is 5.78. The van der Waals surface area contributed by atoms with Gasteiger partial charge in [-0.25, -0.2) is 8.42 Å². The lowest BCUT2D eigenvalue weighted by Crippen LogP contribution is -2.02. The molecule has 0 unspecified atom stereocenters. The van der Waals surface area contributed by atoms with Gasteiger partial charge in [0.2, 0.25) is 15.6 Å². The SMILES string of the molecule is COc1cc(S(=O)(=O)c2ccc(C)cc2)cc(O)c1O. The van der Waals surface area contributed by atoms with E-state index in [4.69, 9.17) is 4.74 Å². The van der Waals surface area contributed by atoms with Crippen molar-refractivity contribution in [3.63, 3.8) is 0 Å². The van der Waals surface area contributed by atoms with Gasteiger partial charge in [0.1, 0.15) is 0 Å². The molecule has 5 nitrogen and oxygen atoms in total. The second-order valence-corrected chi connectivity index (χ2v) is 6.26. The van der Waals surface area contributed by atoms with Gasteiger partial charge in [0.15, 0.2) is 11.5 Å². The lowest BCUT2D eigenvalue weighted by molar-refractivity contribution is 0.349. The van der Waals surface area contributed by atoms with Crippen LogP contribution in [0.1, 0.15) is 5.56 Å². The lowest BCUT2D eigenvalue weighted by atomic mass is 10.2. The van der Waals surface area contributed by atoms with Crippen LogP contribution in [0.2, 0.25) is 0 Å². The quantitative estimate of drug-likeness (QED) is 0.848. The smallest absolute Gasteiger partial charge is 0.206 e. The van der Waals surface area contributed by atoms with Crippen molar-refractivity contribution in [3.8, 4) is 17.2 Å². The van der Waals surface area contributed by atoms with Gasteiger partial charge in [0, 0.05) is 12.1 Å². The fraction of sp³-hybridized carbons (Fsp3) is 0.143. The Bertz CT molecular complexity index is 733. The molecule has 0 heterocycles. The van der Waals surface area contributed by atoms with Crippen LogP contribution in [0.15, 0.2) is 46.2 Å². The van der Waals surface area contributed by atoms with Crippen LogP contribution in [-0.4, -0.2) is 25.7 Å². The second-order valence-electron chi connectivity index (χ2n) is 4.31. The molecule has 0 atom stereocenters. The number of rotatable bonds is 3. The summed E-state index contributed by atoms with van der Waals surface area (Å²) in [6, 6.07) is 8.51. The zero-order valence-electron chi connectivity index (χ0n) is 11.0. The average molecular weight is 294 g/mol. The molecule has 6 heteroatoms. The maximum absolute atomic E-state index is 12.4. The molecule has 2 N–H and O–H groups in total. The van der Waals surface area contributed by atoms with Crippen LogP contribution in [0.5, 0.6) is 17.2 Å². The van der Waals surface area contributed by atoms with E-state index in [2.05, 4.69) is 0 Å². The minimum absolute atomic E-state index is 0.101. The molecule has 0 bridgehead atoms. The molecule has 0 radical (unpaired) electrons. The standard InChI is InChI=1S/C14H14O5S/c1-9-3-5-10(6-4-9)20(17,18)11-7-12(15)14(16)13(8-11)19-2/h3-8,15-16H,1-2H3. The summed E-state index contributed by atoms with van der Waals surface area (Å²) in [4.78, 5) is -0.0382. The number of hydrogen-bond acceptors (Lipinski definition) is 5. The number of hydrogen-bond donors (Lipinski definition) is 2. The van der Waals surface area contributed by atoms with E-state index in [1.807, 2.05) is 6.92 Å². The molecule has 0 aliphatic carbocycles. The highest BCUT2D eigenvalue weighted by Gasteiger charge is 2.21. The first-order chi connectivity index (χ1) is 9.36. The Hall–Kier alpha value is -2.21. The molecular weight excluding hydrogens is 280 g/mol. The minimum Gasteiger partial charge on any atom is -0.504 e. The van der Waals surface area contributed by atoms with E-state index >= 15 is 0 Å². The van der Waals surface area contributed by atoms with Crippen molar-refractivity contribution >= 4 is 9.84 Å². The van der Waals surface area contributed by atoms with Gasteiger partial charge in [-0.2, -0.15) is 0 Å². The molecule has 0 aromatic heterocycles. The summed E-state index contributed by atoms with van der Waals surface area (Å²) >= 11 is 0. The van der Waals surface area contributed by atoms with Crippen molar-refractivity contribution < 1.29 is 23.4 Å². The number of benzene rings is 2. The molecule has 0 spiro atoms. The molecule has 0 aliphatic rings. The third kappa shape index (κ3) is 2.42. The molecule has 106 valence electrons. The van der Waals surface area contributed by atoms with Crippen LogP contribution in [0.25, 0.3) is 0 Å². The number of phenols is 2. The van der Waals surface area contributed by atoms with Crippen molar-refractivity contribution in [2.75, 3.05) is 7.11 Å². The highest BCUT2D eigenvalue weighted by atomic mass is 32.2. The third-order valence-electron chi connectivity index (χ3n) is 2.89. The summed E-state index contributed by atoms with van der Waals surface area (Å²) in [5.41, 5.74) is 0.940. The molecule has 0 fully saturated rings. The maximum Gasteiger partial charge on any atom is 0.206 e. The van der Waals surface area contributed by atoms with Crippen molar-refractivity contribution in [1.29, 1.82) is 0 Å². The van der Waals surface area contributed by atoms with Crippen molar-refractivity contribution in [2.45, 2.75) is 16.7 Å². The summed E-state index contributed by atoms with van der Waals surface area (Å²) < 4.78 is 29.7. The van der Waals surface area contributed by atoms with Crippen LogP contribution < -0.4 is 4.74 Å². The van der Waals surface area contributed by atoms with Crippen LogP contribution in [0, 0.1) is 6.92 Å². The van der Waals surface area contributed by atoms with E-state index in [1.54, 1.807) is 12.1 Å². The summed E-state index contributed by atoms with van der Waals surface area (Å²) in [5.74, 6) is -1.14. The molecule has 2 aromatic carbocycles. The number of ether oxygens (including phenoxy) is 1. The highest BCUT2D eigenvalue weighted by molar-refractivity contribution is 7.91. The predicted molar refractivity (Wildman–Crippen MR) is 73.0 cm³/mol. The molecule has 2 aromatic rings. The molecular formula is C14H14O5S. The van der Waals surface area contributed by atoms with E-state index in [0.29, 0.717) is 0 Å². The average Bonchev–Trinajstić information content (AvgIpc) is 2.42. The zero-order valence-corrected chi connectivity index (χ0v) is 11.8. The number of phenolic OH excluding ortho intramolecular Hbond substituents is 2. The van der Waals surface area contributed by atoms with Crippen LogP contribution >= 0.6 is 0 Å². The molecule has 20 heavy (non-hydrogen) atoms. The normalized spacial score (nSPS) is 11.3. The van der Waals surface area contributed by atoms with Gasteiger partial charge in [-0.1, -0.05) is 17.7 Å². The fourth-order valence-electron chi connectivity index (χ4n) is 1.73. The van der Waals surface area contributed by atoms with E-state index < -0.39 is 21.3 Å². The number of aromatic hydroxyl groups is 2. The van der Waals surface area contributed by atoms with Crippen molar-refractivity contribution in [3.05, 3.63) is 42.0 Å². The largest absolute Gasteiger partial charge is 0.504 e. The van der Waals surface area contributed by atoms with Crippen molar-refractivity contribution in [1.82, 2.24) is 0 Å². The first-order valence-corrected chi connectivity index (χ1v) is 7.26. The van der Waals surface area contributed by atoms with Crippen LogP contribution in [0.3, 0.4) is 0 Å². The monoisotopic (exact) mass is 294 g/mol. The highest BCUT2D eigenvalue weighted by Crippen LogP contribution is 2.38. The molecule has 0 saturated heterocycles. The van der Waals surface area contributed by atoms with E-state index in [0.717, 1.165) is 11.6 Å². The van der Waals surface area contributed by atoms with Gasteiger partial charge >= 0.3 is 0 Å². The molecule has 2 rings (SSSR count).